The predicted molar refractivity (Wildman–Crippen MR) is 113 cm³/mol. The molecule has 0 radical (unpaired) electrons. The molecule has 1 aliphatic rings. The van der Waals surface area contributed by atoms with E-state index in [0.717, 1.165) is 5.56 Å². The van der Waals surface area contributed by atoms with Gasteiger partial charge in [0.15, 0.2) is 0 Å². The SMILES string of the molecule is CC(C)CC(NC(=O)c1ccc(OCC2CC2)c(-c2ccc(Cl)cc2)n1)C(N)=O. The summed E-state index contributed by atoms with van der Waals surface area (Å²) in [5.74, 6) is 0.407. The lowest BCUT2D eigenvalue weighted by Crippen LogP contribution is -2.45. The lowest BCUT2D eigenvalue weighted by molar-refractivity contribution is -0.120. The summed E-state index contributed by atoms with van der Waals surface area (Å²) in [4.78, 5) is 28.9. The summed E-state index contributed by atoms with van der Waals surface area (Å²) >= 11 is 6.00. The fourth-order valence-electron chi connectivity index (χ4n) is 2.95. The van der Waals surface area contributed by atoms with E-state index in [1.807, 2.05) is 26.0 Å². The van der Waals surface area contributed by atoms with Crippen molar-refractivity contribution in [1.82, 2.24) is 10.3 Å². The van der Waals surface area contributed by atoms with Crippen LogP contribution in [0.5, 0.6) is 5.75 Å². The number of rotatable bonds is 9. The van der Waals surface area contributed by atoms with Crippen LogP contribution in [0.3, 0.4) is 0 Å². The molecule has 1 aromatic carbocycles. The van der Waals surface area contributed by atoms with Crippen LogP contribution in [0.2, 0.25) is 5.02 Å². The van der Waals surface area contributed by atoms with E-state index in [1.54, 1.807) is 24.3 Å². The van der Waals surface area contributed by atoms with E-state index in [-0.39, 0.29) is 11.6 Å². The molecule has 2 amide bonds. The minimum Gasteiger partial charge on any atom is -0.491 e. The van der Waals surface area contributed by atoms with Crippen molar-refractivity contribution in [2.45, 2.75) is 39.2 Å². The van der Waals surface area contributed by atoms with Gasteiger partial charge in [-0.1, -0.05) is 37.6 Å². The zero-order chi connectivity index (χ0) is 21.0. The first-order valence-electron chi connectivity index (χ1n) is 9.83. The van der Waals surface area contributed by atoms with Gasteiger partial charge in [0, 0.05) is 10.6 Å². The molecule has 1 unspecified atom stereocenters. The van der Waals surface area contributed by atoms with E-state index in [0.29, 0.717) is 35.4 Å². The van der Waals surface area contributed by atoms with E-state index in [2.05, 4.69) is 10.3 Å². The third-order valence-corrected chi connectivity index (χ3v) is 4.99. The highest BCUT2D eigenvalue weighted by molar-refractivity contribution is 6.30. The lowest BCUT2D eigenvalue weighted by atomic mass is 10.0. The molecule has 0 spiro atoms. The first-order valence-corrected chi connectivity index (χ1v) is 10.2. The van der Waals surface area contributed by atoms with Crippen molar-refractivity contribution in [2.75, 3.05) is 6.61 Å². The van der Waals surface area contributed by atoms with Crippen molar-refractivity contribution in [3.05, 3.63) is 47.1 Å². The van der Waals surface area contributed by atoms with Crippen LogP contribution in [0.25, 0.3) is 11.3 Å². The number of nitrogens with zero attached hydrogens (tertiary/aromatic N) is 1. The number of amides is 2. The average molecular weight is 416 g/mol. The zero-order valence-electron chi connectivity index (χ0n) is 16.7. The third-order valence-electron chi connectivity index (χ3n) is 4.74. The molecular weight excluding hydrogens is 390 g/mol. The number of hydrogen-bond donors (Lipinski definition) is 2. The molecule has 1 atom stereocenters. The highest BCUT2D eigenvalue weighted by Gasteiger charge is 2.24. The van der Waals surface area contributed by atoms with Crippen molar-refractivity contribution < 1.29 is 14.3 Å². The molecule has 3 N–H and O–H groups in total. The van der Waals surface area contributed by atoms with E-state index >= 15 is 0 Å². The van der Waals surface area contributed by atoms with Crippen LogP contribution in [-0.2, 0) is 4.79 Å². The highest BCUT2D eigenvalue weighted by atomic mass is 35.5. The van der Waals surface area contributed by atoms with Gasteiger partial charge < -0.3 is 15.8 Å². The Labute approximate surface area is 175 Å². The summed E-state index contributed by atoms with van der Waals surface area (Å²) in [5.41, 5.74) is 6.99. The van der Waals surface area contributed by atoms with Gasteiger partial charge in [-0.25, -0.2) is 4.98 Å². The van der Waals surface area contributed by atoms with Gasteiger partial charge in [0.2, 0.25) is 5.91 Å². The minimum atomic E-state index is -0.742. The maximum Gasteiger partial charge on any atom is 0.270 e. The van der Waals surface area contributed by atoms with Gasteiger partial charge in [0.1, 0.15) is 23.2 Å². The standard InChI is InChI=1S/C22H26ClN3O3/c1-13(2)11-18(21(24)27)26-22(28)17-9-10-19(29-12-14-3-4-14)20(25-17)15-5-7-16(23)8-6-15/h5-10,13-14,18H,3-4,11-12H2,1-2H3,(H2,24,27)(H,26,28). The summed E-state index contributed by atoms with van der Waals surface area (Å²) in [6.07, 6.45) is 2.82. The van der Waals surface area contributed by atoms with Crippen LogP contribution >= 0.6 is 11.6 Å². The maximum absolute atomic E-state index is 12.7. The molecule has 1 aliphatic carbocycles. The lowest BCUT2D eigenvalue weighted by Gasteiger charge is -2.18. The Hall–Kier alpha value is -2.60. The number of carbonyl (C=O) groups excluding carboxylic acids is 2. The van der Waals surface area contributed by atoms with Gasteiger partial charge in [-0.05, 0) is 55.4 Å². The Balaban J connectivity index is 1.86. The fourth-order valence-corrected chi connectivity index (χ4v) is 3.07. The number of aromatic nitrogens is 1. The monoisotopic (exact) mass is 415 g/mol. The molecule has 0 aliphatic heterocycles. The number of halogens is 1. The average Bonchev–Trinajstić information content (AvgIpc) is 3.50. The second kappa shape index (κ2) is 9.27. The predicted octanol–water partition coefficient (Wildman–Crippen LogP) is 3.82. The number of ether oxygens (including phenoxy) is 1. The van der Waals surface area contributed by atoms with Gasteiger partial charge >= 0.3 is 0 Å². The first-order chi connectivity index (χ1) is 13.8. The number of nitrogens with two attached hydrogens (primary N) is 1. The fraction of sp³-hybridized carbons (Fsp3) is 0.409. The summed E-state index contributed by atoms with van der Waals surface area (Å²) < 4.78 is 5.95. The van der Waals surface area contributed by atoms with E-state index in [4.69, 9.17) is 22.1 Å². The smallest absolute Gasteiger partial charge is 0.270 e. The van der Waals surface area contributed by atoms with Crippen LogP contribution in [0, 0.1) is 11.8 Å². The van der Waals surface area contributed by atoms with E-state index < -0.39 is 17.9 Å². The normalized spacial score (nSPS) is 14.5. The molecule has 154 valence electrons. The second-order valence-electron chi connectivity index (χ2n) is 7.86. The number of nitrogens with one attached hydrogen (secondary N) is 1. The van der Waals surface area contributed by atoms with E-state index in [1.165, 1.54) is 12.8 Å². The largest absolute Gasteiger partial charge is 0.491 e. The molecular formula is C22H26ClN3O3. The molecule has 6 nitrogen and oxygen atoms in total. The Bertz CT molecular complexity index is 879. The molecule has 2 aromatic rings. The van der Waals surface area contributed by atoms with Crippen LogP contribution in [0.4, 0.5) is 0 Å². The molecule has 7 heteroatoms. The number of hydrogen-bond acceptors (Lipinski definition) is 4. The molecule has 1 saturated carbocycles. The Kier molecular flexibility index (Phi) is 6.75. The second-order valence-corrected chi connectivity index (χ2v) is 8.30. The summed E-state index contributed by atoms with van der Waals surface area (Å²) in [6.45, 7) is 4.56. The molecule has 1 fully saturated rings. The Morgan fingerprint density at radius 3 is 2.48 bits per heavy atom. The summed E-state index contributed by atoms with van der Waals surface area (Å²) in [5, 5.41) is 3.31. The molecule has 0 bridgehead atoms. The van der Waals surface area contributed by atoms with Crippen molar-refractivity contribution >= 4 is 23.4 Å². The summed E-state index contributed by atoms with van der Waals surface area (Å²) in [6, 6.07) is 9.81. The topological polar surface area (TPSA) is 94.3 Å². The quantitative estimate of drug-likeness (QED) is 0.650. The minimum absolute atomic E-state index is 0.198. The third kappa shape index (κ3) is 5.94. The van der Waals surface area contributed by atoms with Crippen molar-refractivity contribution in [3.8, 4) is 17.0 Å². The van der Waals surface area contributed by atoms with Gasteiger partial charge in [0.25, 0.3) is 5.91 Å². The van der Waals surface area contributed by atoms with Gasteiger partial charge in [-0.3, -0.25) is 9.59 Å². The van der Waals surface area contributed by atoms with Crippen LogP contribution < -0.4 is 15.8 Å². The number of benzene rings is 1. The van der Waals surface area contributed by atoms with Crippen molar-refractivity contribution in [1.29, 1.82) is 0 Å². The molecule has 0 saturated heterocycles. The van der Waals surface area contributed by atoms with Crippen molar-refractivity contribution in [3.63, 3.8) is 0 Å². The zero-order valence-corrected chi connectivity index (χ0v) is 17.4. The van der Waals surface area contributed by atoms with Crippen LogP contribution in [0.15, 0.2) is 36.4 Å². The molecule has 1 heterocycles. The number of primary amides is 1. The van der Waals surface area contributed by atoms with Gasteiger partial charge in [0.05, 0.1) is 6.61 Å². The Morgan fingerprint density at radius 1 is 1.21 bits per heavy atom. The highest BCUT2D eigenvalue weighted by Crippen LogP contribution is 2.33. The first kappa shape index (κ1) is 21.1. The van der Waals surface area contributed by atoms with E-state index in [9.17, 15) is 9.59 Å². The molecule has 3 rings (SSSR count). The molecule has 29 heavy (non-hydrogen) atoms. The number of pyridine rings is 1. The van der Waals surface area contributed by atoms with Gasteiger partial charge in [-0.15, -0.1) is 0 Å². The van der Waals surface area contributed by atoms with Crippen molar-refractivity contribution in [2.24, 2.45) is 17.6 Å². The Morgan fingerprint density at radius 2 is 1.90 bits per heavy atom. The van der Waals surface area contributed by atoms with Crippen LogP contribution in [0.1, 0.15) is 43.6 Å². The maximum atomic E-state index is 12.7. The number of carbonyl (C=O) groups is 2. The van der Waals surface area contributed by atoms with Crippen LogP contribution in [-0.4, -0.2) is 29.4 Å². The summed E-state index contributed by atoms with van der Waals surface area (Å²) in [7, 11) is 0. The van der Waals surface area contributed by atoms with Gasteiger partial charge in [-0.2, -0.15) is 0 Å². The molecule has 1 aromatic heterocycles.